The fraction of sp³-hybridized carbons (Fsp3) is 0.150. The Balaban J connectivity index is 1.77. The van der Waals surface area contributed by atoms with Crippen LogP contribution in [0.4, 0.5) is 32.0 Å². The van der Waals surface area contributed by atoms with Gasteiger partial charge >= 0.3 is 12.4 Å². The monoisotopic (exact) mass is 485 g/mol. The molecule has 0 aliphatic carbocycles. The molecule has 3 aromatic rings. The van der Waals surface area contributed by atoms with Crippen molar-refractivity contribution in [3.63, 3.8) is 0 Å². The van der Waals surface area contributed by atoms with Gasteiger partial charge in [0.25, 0.3) is 5.91 Å². The molecule has 0 saturated heterocycles. The lowest BCUT2D eigenvalue weighted by molar-refractivity contribution is -0.143. The largest absolute Gasteiger partial charge is 0.434 e. The number of hydrogen-bond acceptors (Lipinski definition) is 5. The summed E-state index contributed by atoms with van der Waals surface area (Å²) in [5.74, 6) is -1.28. The zero-order chi connectivity index (χ0) is 24.0. The SMILES string of the molecule is O=C(Nc1ccnc(C(F)(F)F)c1)c1cnn(-c2cccc3c2C=CNC3S)c1C(F)(F)F. The molecular formula is C20H13F6N5OS. The van der Waals surface area contributed by atoms with Gasteiger partial charge in [-0.1, -0.05) is 12.1 Å². The number of halogens is 6. The molecule has 1 amide bonds. The molecular weight excluding hydrogens is 472 g/mol. The van der Waals surface area contributed by atoms with Crippen LogP contribution in [0, 0.1) is 0 Å². The van der Waals surface area contributed by atoms with Gasteiger partial charge in [0.2, 0.25) is 0 Å². The van der Waals surface area contributed by atoms with Gasteiger partial charge in [0, 0.05) is 17.4 Å². The van der Waals surface area contributed by atoms with E-state index >= 15 is 0 Å². The van der Waals surface area contributed by atoms with E-state index in [1.54, 1.807) is 12.1 Å². The minimum Gasteiger partial charge on any atom is -0.376 e. The summed E-state index contributed by atoms with van der Waals surface area (Å²) in [5.41, 5.74) is -2.83. The van der Waals surface area contributed by atoms with Crippen molar-refractivity contribution >= 4 is 30.3 Å². The third kappa shape index (κ3) is 4.40. The van der Waals surface area contributed by atoms with E-state index in [9.17, 15) is 31.1 Å². The second-order valence-electron chi connectivity index (χ2n) is 6.88. The van der Waals surface area contributed by atoms with E-state index in [1.807, 2.05) is 5.32 Å². The molecule has 0 fully saturated rings. The predicted molar refractivity (Wildman–Crippen MR) is 110 cm³/mol. The molecule has 0 spiro atoms. The number of pyridine rings is 1. The number of carbonyl (C=O) groups excluding carboxylic acids is 1. The minimum absolute atomic E-state index is 0.0546. The van der Waals surface area contributed by atoms with E-state index in [1.165, 1.54) is 18.3 Å². The zero-order valence-electron chi connectivity index (χ0n) is 16.2. The number of thiol groups is 1. The van der Waals surface area contributed by atoms with Crippen LogP contribution < -0.4 is 10.6 Å². The quantitative estimate of drug-likeness (QED) is 0.358. The second-order valence-corrected chi connectivity index (χ2v) is 7.40. The Morgan fingerprint density at radius 1 is 1.12 bits per heavy atom. The van der Waals surface area contributed by atoms with Gasteiger partial charge in [-0.05, 0) is 36.0 Å². The molecule has 1 aromatic carbocycles. The molecule has 6 nitrogen and oxygen atoms in total. The molecule has 1 aliphatic rings. The standard InChI is InChI=1S/C20H13F6N5OS/c21-19(22,23)15-8-10(4-6-27-15)30-17(32)13-9-29-31(16(13)20(24,25)26)14-3-1-2-12-11(14)5-7-28-18(12)33/h1-9,18,28,33H,(H,27,30,32). The summed E-state index contributed by atoms with van der Waals surface area (Å²) in [7, 11) is 0. The minimum atomic E-state index is -5.00. The normalized spacial score (nSPS) is 15.7. The van der Waals surface area contributed by atoms with Gasteiger partial charge in [-0.15, -0.1) is 12.6 Å². The highest BCUT2D eigenvalue weighted by molar-refractivity contribution is 7.80. The third-order valence-corrected chi connectivity index (χ3v) is 5.16. The maximum Gasteiger partial charge on any atom is 0.434 e. The summed E-state index contributed by atoms with van der Waals surface area (Å²) in [5, 5.41) is 8.26. The number of anilines is 1. The number of nitrogens with zero attached hydrogens (tertiary/aromatic N) is 3. The molecule has 172 valence electrons. The lowest BCUT2D eigenvalue weighted by Crippen LogP contribution is -2.22. The van der Waals surface area contributed by atoms with E-state index in [-0.39, 0.29) is 11.4 Å². The summed E-state index contributed by atoms with van der Waals surface area (Å²) >= 11 is 4.34. The number of alkyl halides is 6. The van der Waals surface area contributed by atoms with Crippen LogP contribution in [-0.4, -0.2) is 20.7 Å². The van der Waals surface area contributed by atoms with Gasteiger partial charge in [-0.3, -0.25) is 9.78 Å². The first-order chi connectivity index (χ1) is 15.5. The van der Waals surface area contributed by atoms with Crippen molar-refractivity contribution < 1.29 is 31.1 Å². The maximum absolute atomic E-state index is 14.0. The number of rotatable bonds is 3. The highest BCUT2D eigenvalue weighted by atomic mass is 32.1. The third-order valence-electron chi connectivity index (χ3n) is 4.73. The number of carbonyl (C=O) groups is 1. The van der Waals surface area contributed by atoms with E-state index < -0.39 is 40.6 Å². The Hall–Kier alpha value is -3.48. The number of aromatic nitrogens is 3. The summed E-state index contributed by atoms with van der Waals surface area (Å²) in [6.07, 6.45) is -5.21. The van der Waals surface area contributed by atoms with Gasteiger partial charge in [0.15, 0.2) is 5.69 Å². The second kappa shape index (κ2) is 8.14. The van der Waals surface area contributed by atoms with Crippen LogP contribution in [0.2, 0.25) is 0 Å². The van der Waals surface area contributed by atoms with Gasteiger partial charge in [-0.25, -0.2) is 4.68 Å². The van der Waals surface area contributed by atoms with Crippen LogP contribution in [-0.2, 0) is 12.4 Å². The van der Waals surface area contributed by atoms with Crippen molar-refractivity contribution in [2.24, 2.45) is 0 Å². The topological polar surface area (TPSA) is 71.8 Å². The van der Waals surface area contributed by atoms with Crippen molar-refractivity contribution in [3.8, 4) is 5.69 Å². The van der Waals surface area contributed by atoms with Crippen molar-refractivity contribution in [2.45, 2.75) is 17.7 Å². The molecule has 4 rings (SSSR count). The molecule has 0 bridgehead atoms. The molecule has 3 heterocycles. The number of nitrogens with one attached hydrogen (secondary N) is 2. The highest BCUT2D eigenvalue weighted by Gasteiger charge is 2.41. The van der Waals surface area contributed by atoms with Crippen molar-refractivity contribution in [2.75, 3.05) is 5.32 Å². The van der Waals surface area contributed by atoms with Crippen molar-refractivity contribution in [1.29, 1.82) is 0 Å². The van der Waals surface area contributed by atoms with Gasteiger partial charge in [-0.2, -0.15) is 31.4 Å². The smallest absolute Gasteiger partial charge is 0.376 e. The summed E-state index contributed by atoms with van der Waals surface area (Å²) < 4.78 is 81.2. The predicted octanol–water partition coefficient (Wildman–Crippen LogP) is 5.06. The maximum atomic E-state index is 14.0. The summed E-state index contributed by atoms with van der Waals surface area (Å²) in [6.45, 7) is 0. The van der Waals surface area contributed by atoms with Crippen molar-refractivity contribution in [3.05, 3.63) is 77.0 Å². The van der Waals surface area contributed by atoms with Crippen LogP contribution in [0.1, 0.15) is 38.2 Å². The number of hydrogen-bond donors (Lipinski definition) is 3. The first kappa shape index (κ1) is 22.7. The zero-order valence-corrected chi connectivity index (χ0v) is 17.1. The lowest BCUT2D eigenvalue weighted by Gasteiger charge is -2.22. The van der Waals surface area contributed by atoms with Gasteiger partial charge < -0.3 is 10.6 Å². The van der Waals surface area contributed by atoms with Gasteiger partial charge in [0.05, 0.1) is 22.8 Å². The fourth-order valence-corrected chi connectivity index (χ4v) is 3.63. The lowest BCUT2D eigenvalue weighted by atomic mass is 10.0. The Morgan fingerprint density at radius 3 is 2.58 bits per heavy atom. The molecule has 0 radical (unpaired) electrons. The van der Waals surface area contributed by atoms with Crippen LogP contribution in [0.5, 0.6) is 0 Å². The Morgan fingerprint density at radius 2 is 1.88 bits per heavy atom. The highest BCUT2D eigenvalue weighted by Crippen LogP contribution is 2.37. The Bertz CT molecular complexity index is 1250. The van der Waals surface area contributed by atoms with E-state index in [2.05, 4.69) is 28.0 Å². The fourth-order valence-electron chi connectivity index (χ4n) is 3.32. The Kier molecular flexibility index (Phi) is 5.60. The summed E-state index contributed by atoms with van der Waals surface area (Å²) in [6, 6.07) is 6.16. The summed E-state index contributed by atoms with van der Waals surface area (Å²) in [4.78, 5) is 15.8. The average molecular weight is 485 g/mol. The average Bonchev–Trinajstić information content (AvgIpc) is 3.19. The van der Waals surface area contributed by atoms with E-state index in [0.29, 0.717) is 28.1 Å². The number of benzene rings is 1. The molecule has 1 aliphatic heterocycles. The first-order valence-electron chi connectivity index (χ1n) is 9.20. The van der Waals surface area contributed by atoms with Crippen LogP contribution in [0.3, 0.4) is 0 Å². The van der Waals surface area contributed by atoms with Crippen LogP contribution >= 0.6 is 12.6 Å². The van der Waals surface area contributed by atoms with Crippen LogP contribution in [0.15, 0.2) is 48.9 Å². The van der Waals surface area contributed by atoms with E-state index in [0.717, 1.165) is 12.3 Å². The molecule has 0 saturated carbocycles. The molecule has 2 aromatic heterocycles. The van der Waals surface area contributed by atoms with Crippen molar-refractivity contribution in [1.82, 2.24) is 20.1 Å². The molecule has 1 unspecified atom stereocenters. The molecule has 2 N–H and O–H groups in total. The first-order valence-corrected chi connectivity index (χ1v) is 9.72. The molecule has 13 heteroatoms. The number of fused-ring (bicyclic) bond motifs is 1. The van der Waals surface area contributed by atoms with Gasteiger partial charge in [0.1, 0.15) is 5.69 Å². The van der Waals surface area contributed by atoms with Crippen LogP contribution in [0.25, 0.3) is 11.8 Å². The number of amides is 1. The van der Waals surface area contributed by atoms with E-state index in [4.69, 9.17) is 0 Å². The molecule has 1 atom stereocenters. The molecule has 33 heavy (non-hydrogen) atoms. The Labute approximate surface area is 187 Å².